The number of nitrogens with zero attached hydrogens (tertiary/aromatic N) is 1. The van der Waals surface area contributed by atoms with Crippen molar-refractivity contribution in [2.24, 2.45) is 5.92 Å². The van der Waals surface area contributed by atoms with Crippen molar-refractivity contribution in [1.82, 2.24) is 4.90 Å². The number of Topliss-reactive ketones (excluding diaryl/α,β-unsaturated/α-hetero) is 1. The Morgan fingerprint density at radius 2 is 2.28 bits per heavy atom. The zero-order valence-corrected chi connectivity index (χ0v) is 12.6. The largest absolute Gasteiger partial charge is 0.293 e. The van der Waals surface area contributed by atoms with Gasteiger partial charge in [-0.2, -0.15) is 0 Å². The van der Waals surface area contributed by atoms with Crippen LogP contribution in [0.15, 0.2) is 28.7 Å². The molecular weight excluding hydrogens is 290 g/mol. The summed E-state index contributed by atoms with van der Waals surface area (Å²) in [6.45, 7) is 6.10. The van der Waals surface area contributed by atoms with Crippen LogP contribution in [0.25, 0.3) is 0 Å². The average Bonchev–Trinajstić information content (AvgIpc) is 2.77. The summed E-state index contributed by atoms with van der Waals surface area (Å²) in [6.07, 6.45) is 2.44. The minimum absolute atomic E-state index is 0.226. The molecule has 2 nitrogen and oxygen atoms in total. The number of hydrogen-bond acceptors (Lipinski definition) is 2. The number of rotatable bonds is 4. The highest BCUT2D eigenvalue weighted by molar-refractivity contribution is 9.10. The Morgan fingerprint density at radius 1 is 1.50 bits per heavy atom. The molecule has 1 aliphatic rings. The van der Waals surface area contributed by atoms with Crippen LogP contribution in [0.2, 0.25) is 0 Å². The Balaban J connectivity index is 2.03. The zero-order chi connectivity index (χ0) is 13.1. The second-order valence-electron chi connectivity index (χ2n) is 5.36. The minimum Gasteiger partial charge on any atom is -0.293 e. The standard InChI is InChI=1S/C15H20BrNO/c1-11(2)14-7-4-8-17(14)10-15(18)12-5-3-6-13(16)9-12/h3,5-6,9,11,14H,4,7-8,10H2,1-2H3. The molecule has 0 spiro atoms. The summed E-state index contributed by atoms with van der Waals surface area (Å²) < 4.78 is 0.968. The molecule has 0 aliphatic carbocycles. The lowest BCUT2D eigenvalue weighted by Crippen LogP contribution is -2.37. The van der Waals surface area contributed by atoms with E-state index >= 15 is 0 Å². The van der Waals surface area contributed by atoms with Crippen molar-refractivity contribution in [3.05, 3.63) is 34.3 Å². The Kier molecular flexibility index (Phi) is 4.57. The van der Waals surface area contributed by atoms with E-state index in [4.69, 9.17) is 0 Å². The number of benzene rings is 1. The minimum atomic E-state index is 0.226. The van der Waals surface area contributed by atoms with Crippen LogP contribution in [0.3, 0.4) is 0 Å². The number of carbonyl (C=O) groups excluding carboxylic acids is 1. The van der Waals surface area contributed by atoms with E-state index in [1.165, 1.54) is 12.8 Å². The molecule has 1 unspecified atom stereocenters. The summed E-state index contributed by atoms with van der Waals surface area (Å²) in [6, 6.07) is 8.24. The highest BCUT2D eigenvalue weighted by atomic mass is 79.9. The fourth-order valence-corrected chi connectivity index (χ4v) is 3.14. The van der Waals surface area contributed by atoms with Crippen molar-refractivity contribution >= 4 is 21.7 Å². The van der Waals surface area contributed by atoms with Crippen molar-refractivity contribution in [3.8, 4) is 0 Å². The van der Waals surface area contributed by atoms with Crippen LogP contribution in [-0.4, -0.2) is 29.8 Å². The normalized spacial score (nSPS) is 20.6. The summed E-state index contributed by atoms with van der Waals surface area (Å²) in [5, 5.41) is 0. The monoisotopic (exact) mass is 309 g/mol. The Bertz CT molecular complexity index is 430. The first-order valence-corrected chi connectivity index (χ1v) is 7.40. The number of carbonyl (C=O) groups is 1. The van der Waals surface area contributed by atoms with E-state index in [2.05, 4.69) is 34.7 Å². The van der Waals surface area contributed by atoms with Crippen molar-refractivity contribution in [3.63, 3.8) is 0 Å². The number of ketones is 1. The first-order chi connectivity index (χ1) is 8.58. The maximum atomic E-state index is 12.3. The van der Waals surface area contributed by atoms with Gasteiger partial charge in [-0.15, -0.1) is 0 Å². The van der Waals surface area contributed by atoms with Gasteiger partial charge in [0.1, 0.15) is 0 Å². The van der Waals surface area contributed by atoms with Crippen LogP contribution in [0.4, 0.5) is 0 Å². The van der Waals surface area contributed by atoms with Crippen LogP contribution in [-0.2, 0) is 0 Å². The van der Waals surface area contributed by atoms with Gasteiger partial charge in [0, 0.05) is 16.1 Å². The smallest absolute Gasteiger partial charge is 0.176 e. The maximum absolute atomic E-state index is 12.3. The lowest BCUT2D eigenvalue weighted by molar-refractivity contribution is 0.0904. The fourth-order valence-electron chi connectivity index (χ4n) is 2.74. The predicted molar refractivity (Wildman–Crippen MR) is 77.9 cm³/mol. The van der Waals surface area contributed by atoms with Gasteiger partial charge in [0.05, 0.1) is 6.54 Å². The molecule has 1 saturated heterocycles. The van der Waals surface area contributed by atoms with Crippen LogP contribution >= 0.6 is 15.9 Å². The molecule has 1 aliphatic heterocycles. The molecular formula is C15H20BrNO. The zero-order valence-electron chi connectivity index (χ0n) is 11.0. The van der Waals surface area contributed by atoms with E-state index in [-0.39, 0.29) is 5.78 Å². The van der Waals surface area contributed by atoms with Gasteiger partial charge < -0.3 is 0 Å². The molecule has 0 radical (unpaired) electrons. The molecule has 0 saturated carbocycles. The Hall–Kier alpha value is -0.670. The van der Waals surface area contributed by atoms with Crippen LogP contribution in [0, 0.1) is 5.92 Å². The molecule has 98 valence electrons. The molecule has 0 aromatic heterocycles. The van der Waals surface area contributed by atoms with Crippen molar-refractivity contribution in [1.29, 1.82) is 0 Å². The van der Waals surface area contributed by atoms with Crippen LogP contribution < -0.4 is 0 Å². The molecule has 0 N–H and O–H groups in total. The third-order valence-electron chi connectivity index (χ3n) is 3.68. The average molecular weight is 310 g/mol. The van der Waals surface area contributed by atoms with Gasteiger partial charge in [-0.25, -0.2) is 0 Å². The Labute approximate surface area is 117 Å². The van der Waals surface area contributed by atoms with E-state index in [1.807, 2.05) is 24.3 Å². The number of likely N-dealkylation sites (tertiary alicyclic amines) is 1. The van der Waals surface area contributed by atoms with Gasteiger partial charge in [-0.1, -0.05) is 41.9 Å². The summed E-state index contributed by atoms with van der Waals surface area (Å²) in [5.74, 6) is 0.853. The second kappa shape index (κ2) is 5.98. The van der Waals surface area contributed by atoms with Gasteiger partial charge in [-0.05, 0) is 37.4 Å². The first-order valence-electron chi connectivity index (χ1n) is 6.60. The second-order valence-corrected chi connectivity index (χ2v) is 6.27. The molecule has 2 rings (SSSR count). The molecule has 1 aromatic rings. The van der Waals surface area contributed by atoms with E-state index in [0.717, 1.165) is 16.6 Å². The van der Waals surface area contributed by atoms with Crippen molar-refractivity contribution in [2.45, 2.75) is 32.7 Å². The number of halogens is 1. The summed E-state index contributed by atoms with van der Waals surface area (Å²) in [7, 11) is 0. The summed E-state index contributed by atoms with van der Waals surface area (Å²) >= 11 is 3.41. The third kappa shape index (κ3) is 3.21. The van der Waals surface area contributed by atoms with Gasteiger partial charge in [0.25, 0.3) is 0 Å². The fraction of sp³-hybridized carbons (Fsp3) is 0.533. The molecule has 1 heterocycles. The molecule has 0 bridgehead atoms. The van der Waals surface area contributed by atoms with E-state index < -0.39 is 0 Å². The SMILES string of the molecule is CC(C)C1CCCN1CC(=O)c1cccc(Br)c1. The molecule has 18 heavy (non-hydrogen) atoms. The van der Waals surface area contributed by atoms with E-state index in [1.54, 1.807) is 0 Å². The van der Waals surface area contributed by atoms with Gasteiger partial charge >= 0.3 is 0 Å². The van der Waals surface area contributed by atoms with E-state index in [0.29, 0.717) is 18.5 Å². The summed E-state index contributed by atoms with van der Waals surface area (Å²) in [5.41, 5.74) is 0.804. The van der Waals surface area contributed by atoms with Crippen LogP contribution in [0.1, 0.15) is 37.0 Å². The van der Waals surface area contributed by atoms with E-state index in [9.17, 15) is 4.79 Å². The molecule has 1 atom stereocenters. The first kappa shape index (κ1) is 13.8. The molecule has 3 heteroatoms. The molecule has 1 aromatic carbocycles. The molecule has 1 fully saturated rings. The predicted octanol–water partition coefficient (Wildman–Crippen LogP) is 3.75. The lowest BCUT2D eigenvalue weighted by atomic mass is 10.0. The van der Waals surface area contributed by atoms with Gasteiger partial charge in [-0.3, -0.25) is 9.69 Å². The lowest BCUT2D eigenvalue weighted by Gasteiger charge is -2.26. The van der Waals surface area contributed by atoms with Gasteiger partial charge in [0.2, 0.25) is 0 Å². The molecule has 0 amide bonds. The van der Waals surface area contributed by atoms with Crippen LogP contribution in [0.5, 0.6) is 0 Å². The van der Waals surface area contributed by atoms with Crippen molar-refractivity contribution in [2.75, 3.05) is 13.1 Å². The maximum Gasteiger partial charge on any atom is 0.176 e. The highest BCUT2D eigenvalue weighted by Gasteiger charge is 2.28. The third-order valence-corrected chi connectivity index (χ3v) is 4.17. The highest BCUT2D eigenvalue weighted by Crippen LogP contribution is 2.24. The topological polar surface area (TPSA) is 20.3 Å². The Morgan fingerprint density at radius 3 is 2.94 bits per heavy atom. The van der Waals surface area contributed by atoms with Gasteiger partial charge in [0.15, 0.2) is 5.78 Å². The number of hydrogen-bond donors (Lipinski definition) is 0. The summed E-state index contributed by atoms with van der Waals surface area (Å²) in [4.78, 5) is 14.6. The quantitative estimate of drug-likeness (QED) is 0.789. The van der Waals surface area contributed by atoms with Crippen molar-refractivity contribution < 1.29 is 4.79 Å².